The second-order valence-corrected chi connectivity index (χ2v) is 3.12. The first-order valence-corrected chi connectivity index (χ1v) is 4.50. The predicted octanol–water partition coefficient (Wildman–Crippen LogP) is 1.90. The van der Waals surface area contributed by atoms with Crippen molar-refractivity contribution < 1.29 is 0 Å². The first-order chi connectivity index (χ1) is 6.33. The van der Waals surface area contributed by atoms with E-state index in [1.165, 1.54) is 0 Å². The molecule has 3 heteroatoms. The molecule has 2 rings (SSSR count). The Hall–Kier alpha value is -1.35. The van der Waals surface area contributed by atoms with Crippen LogP contribution in [0, 0.1) is 0 Å². The Morgan fingerprint density at radius 1 is 1.46 bits per heavy atom. The summed E-state index contributed by atoms with van der Waals surface area (Å²) in [6, 6.07) is 8.09. The van der Waals surface area contributed by atoms with Gasteiger partial charge in [0.15, 0.2) is 0 Å². The lowest BCUT2D eigenvalue weighted by Gasteiger charge is -2.10. The zero-order chi connectivity index (χ0) is 9.26. The monoisotopic (exact) mass is 175 g/mol. The summed E-state index contributed by atoms with van der Waals surface area (Å²) in [5, 5.41) is 5.40. The fourth-order valence-corrected chi connectivity index (χ4v) is 1.43. The fourth-order valence-electron chi connectivity index (χ4n) is 1.43. The third kappa shape index (κ3) is 1.31. The first kappa shape index (κ1) is 8.26. The van der Waals surface area contributed by atoms with Gasteiger partial charge in [0.25, 0.3) is 0 Å². The maximum Gasteiger partial charge on any atom is 0.0993 e. The summed E-state index contributed by atoms with van der Waals surface area (Å²) in [5.74, 6) is 0. The zero-order valence-electron chi connectivity index (χ0n) is 7.64. The van der Waals surface area contributed by atoms with Crippen LogP contribution in [0.4, 0.5) is 0 Å². The van der Waals surface area contributed by atoms with Gasteiger partial charge in [0, 0.05) is 5.39 Å². The molecule has 0 amide bonds. The van der Waals surface area contributed by atoms with Crippen LogP contribution in [0.25, 0.3) is 10.9 Å². The molecule has 1 aromatic heterocycles. The molecule has 0 bridgehead atoms. The first-order valence-electron chi connectivity index (χ1n) is 4.50. The molecule has 0 aliphatic carbocycles. The van der Waals surface area contributed by atoms with Gasteiger partial charge in [0.1, 0.15) is 0 Å². The summed E-state index contributed by atoms with van der Waals surface area (Å²) < 4.78 is 1.87. The van der Waals surface area contributed by atoms with E-state index in [9.17, 15) is 0 Å². The van der Waals surface area contributed by atoms with Crippen molar-refractivity contribution in [2.45, 2.75) is 19.5 Å². The number of nitrogens with two attached hydrogens (primary N) is 1. The number of hydrogen-bond donors (Lipinski definition) is 1. The molecule has 0 spiro atoms. The Morgan fingerprint density at radius 3 is 3.00 bits per heavy atom. The summed E-state index contributed by atoms with van der Waals surface area (Å²) in [6.45, 7) is 2.06. The van der Waals surface area contributed by atoms with Gasteiger partial charge in [-0.3, -0.25) is 0 Å². The zero-order valence-corrected chi connectivity index (χ0v) is 7.64. The van der Waals surface area contributed by atoms with E-state index in [1.54, 1.807) is 0 Å². The molecule has 1 atom stereocenters. The Kier molecular flexibility index (Phi) is 2.02. The highest BCUT2D eigenvalue weighted by atomic mass is 15.3. The van der Waals surface area contributed by atoms with Crippen LogP contribution in [0.2, 0.25) is 0 Å². The molecule has 1 aromatic carbocycles. The number of rotatable bonds is 2. The van der Waals surface area contributed by atoms with Gasteiger partial charge in [-0.2, -0.15) is 5.10 Å². The second kappa shape index (κ2) is 3.18. The molecular weight excluding hydrogens is 162 g/mol. The van der Waals surface area contributed by atoms with Crippen molar-refractivity contribution in [1.29, 1.82) is 0 Å². The van der Waals surface area contributed by atoms with E-state index in [1.807, 2.05) is 35.1 Å². The molecule has 0 aliphatic rings. The number of aromatic nitrogens is 2. The van der Waals surface area contributed by atoms with Crippen LogP contribution in [0.3, 0.4) is 0 Å². The van der Waals surface area contributed by atoms with E-state index >= 15 is 0 Å². The number of benzene rings is 1. The maximum atomic E-state index is 5.91. The van der Waals surface area contributed by atoms with Gasteiger partial charge in [-0.25, -0.2) is 4.68 Å². The molecule has 13 heavy (non-hydrogen) atoms. The van der Waals surface area contributed by atoms with Gasteiger partial charge in [-0.15, -0.1) is 0 Å². The Morgan fingerprint density at radius 2 is 2.23 bits per heavy atom. The number of nitrogens with zero attached hydrogens (tertiary/aromatic N) is 2. The van der Waals surface area contributed by atoms with Crippen molar-refractivity contribution in [3.63, 3.8) is 0 Å². The lowest BCUT2D eigenvalue weighted by Crippen LogP contribution is -2.18. The second-order valence-electron chi connectivity index (χ2n) is 3.12. The Labute approximate surface area is 77.2 Å². The van der Waals surface area contributed by atoms with Gasteiger partial charge < -0.3 is 5.73 Å². The van der Waals surface area contributed by atoms with Crippen LogP contribution in [-0.2, 0) is 0 Å². The van der Waals surface area contributed by atoms with Crippen LogP contribution in [0.5, 0.6) is 0 Å². The molecule has 0 radical (unpaired) electrons. The van der Waals surface area contributed by atoms with E-state index in [4.69, 9.17) is 5.73 Å². The van der Waals surface area contributed by atoms with Crippen molar-refractivity contribution in [3.8, 4) is 0 Å². The highest BCUT2D eigenvalue weighted by Crippen LogP contribution is 2.16. The molecular formula is C10H13N3. The highest BCUT2D eigenvalue weighted by Gasteiger charge is 2.06. The minimum absolute atomic E-state index is 0.0140. The summed E-state index contributed by atoms with van der Waals surface area (Å²) in [6.07, 6.45) is 2.73. The molecule has 2 aromatic rings. The van der Waals surface area contributed by atoms with E-state index in [0.717, 1.165) is 17.3 Å². The van der Waals surface area contributed by atoms with Crippen molar-refractivity contribution in [2.75, 3.05) is 0 Å². The minimum Gasteiger partial charge on any atom is -0.310 e. The third-order valence-electron chi connectivity index (χ3n) is 2.24. The van der Waals surface area contributed by atoms with Gasteiger partial charge >= 0.3 is 0 Å². The van der Waals surface area contributed by atoms with Crippen LogP contribution in [-0.4, -0.2) is 9.78 Å². The minimum atomic E-state index is -0.0140. The summed E-state index contributed by atoms with van der Waals surface area (Å²) >= 11 is 0. The van der Waals surface area contributed by atoms with Crippen molar-refractivity contribution in [1.82, 2.24) is 9.78 Å². The third-order valence-corrected chi connectivity index (χ3v) is 2.24. The molecule has 0 saturated carbocycles. The van der Waals surface area contributed by atoms with Crippen molar-refractivity contribution in [2.24, 2.45) is 5.73 Å². The van der Waals surface area contributed by atoms with Crippen LogP contribution >= 0.6 is 0 Å². The average Bonchev–Trinajstić information content (AvgIpc) is 2.60. The van der Waals surface area contributed by atoms with E-state index in [0.29, 0.717) is 0 Å². The lowest BCUT2D eigenvalue weighted by molar-refractivity contribution is 0.470. The number of hydrogen-bond acceptors (Lipinski definition) is 2. The summed E-state index contributed by atoms with van der Waals surface area (Å²) in [4.78, 5) is 0. The highest BCUT2D eigenvalue weighted by molar-refractivity contribution is 5.78. The van der Waals surface area contributed by atoms with E-state index in [-0.39, 0.29) is 6.17 Å². The molecule has 68 valence electrons. The van der Waals surface area contributed by atoms with E-state index < -0.39 is 0 Å². The summed E-state index contributed by atoms with van der Waals surface area (Å²) in [7, 11) is 0. The molecule has 2 N–H and O–H groups in total. The lowest BCUT2D eigenvalue weighted by atomic mass is 10.2. The largest absolute Gasteiger partial charge is 0.310 e. The summed E-state index contributed by atoms with van der Waals surface area (Å²) in [5.41, 5.74) is 7.01. The van der Waals surface area contributed by atoms with Crippen molar-refractivity contribution >= 4 is 10.9 Å². The fraction of sp³-hybridized carbons (Fsp3) is 0.300. The number of para-hydroxylation sites is 1. The normalized spacial score (nSPS) is 13.4. The van der Waals surface area contributed by atoms with Gasteiger partial charge in [-0.05, 0) is 12.5 Å². The van der Waals surface area contributed by atoms with Crippen LogP contribution < -0.4 is 5.73 Å². The van der Waals surface area contributed by atoms with Gasteiger partial charge in [0.2, 0.25) is 0 Å². The molecule has 1 unspecified atom stereocenters. The predicted molar refractivity (Wildman–Crippen MR) is 53.2 cm³/mol. The maximum absolute atomic E-state index is 5.91. The molecule has 1 heterocycles. The Bertz CT molecular complexity index is 405. The standard InChI is InChI=1S/C10H13N3/c1-2-10(11)13-9-6-4-3-5-8(9)7-12-13/h3-7,10H,2,11H2,1H3. The molecule has 0 aliphatic heterocycles. The number of fused-ring (bicyclic) bond motifs is 1. The van der Waals surface area contributed by atoms with Crippen molar-refractivity contribution in [3.05, 3.63) is 30.5 Å². The smallest absolute Gasteiger partial charge is 0.0993 e. The average molecular weight is 175 g/mol. The quantitative estimate of drug-likeness (QED) is 0.757. The molecule has 0 saturated heterocycles. The molecule has 0 fully saturated rings. The van der Waals surface area contributed by atoms with Crippen LogP contribution in [0.15, 0.2) is 30.5 Å². The van der Waals surface area contributed by atoms with Gasteiger partial charge in [-0.1, -0.05) is 25.1 Å². The van der Waals surface area contributed by atoms with E-state index in [2.05, 4.69) is 12.0 Å². The topological polar surface area (TPSA) is 43.8 Å². The van der Waals surface area contributed by atoms with Crippen LogP contribution in [0.1, 0.15) is 19.5 Å². The SMILES string of the molecule is CCC(N)n1ncc2ccccc21. The molecule has 3 nitrogen and oxygen atoms in total. The van der Waals surface area contributed by atoms with Gasteiger partial charge in [0.05, 0.1) is 17.9 Å². The Balaban J connectivity index is 2.57.